The predicted octanol–water partition coefficient (Wildman–Crippen LogP) is -2.75. The Bertz CT molecular complexity index is 444. The van der Waals surface area contributed by atoms with Crippen LogP contribution in [0.1, 0.15) is 29.5 Å². The third kappa shape index (κ3) is 2.86. The molecule has 0 N–H and O–H groups in total. The predicted molar refractivity (Wildman–Crippen MR) is 61.4 cm³/mol. The van der Waals surface area contributed by atoms with E-state index in [9.17, 15) is 0 Å². The van der Waals surface area contributed by atoms with Crippen LogP contribution in [0.4, 0.5) is 0 Å². The maximum Gasteiger partial charge on any atom is -1.00 e. The second-order valence-corrected chi connectivity index (χ2v) is 6.17. The van der Waals surface area contributed by atoms with Gasteiger partial charge in [-0.2, -0.15) is 0 Å². The normalized spacial score (nSPS) is 14.3. The van der Waals surface area contributed by atoms with E-state index in [0.717, 1.165) is 14.6 Å². The van der Waals surface area contributed by atoms with Crippen molar-refractivity contribution in [3.8, 4) is 0 Å². The van der Waals surface area contributed by atoms with E-state index in [2.05, 4.69) is 53.4 Å². The van der Waals surface area contributed by atoms with Crippen molar-refractivity contribution >= 4 is 17.6 Å². The van der Waals surface area contributed by atoms with Crippen molar-refractivity contribution in [2.75, 3.05) is 0 Å². The van der Waals surface area contributed by atoms with Crippen molar-refractivity contribution in [1.82, 2.24) is 0 Å². The zero-order chi connectivity index (χ0) is 10.3. The van der Waals surface area contributed by atoms with Gasteiger partial charge in [0.25, 0.3) is 0 Å². The van der Waals surface area contributed by atoms with Crippen LogP contribution in [0.3, 0.4) is 0 Å². The molecule has 1 atom stereocenters. The van der Waals surface area contributed by atoms with Gasteiger partial charge in [-0.05, 0) is 0 Å². The van der Waals surface area contributed by atoms with Crippen LogP contribution in [0.2, 0.25) is 0 Å². The molecule has 1 unspecified atom stereocenters. The molecule has 0 bridgehead atoms. The van der Waals surface area contributed by atoms with Gasteiger partial charge in [0.05, 0.1) is 0 Å². The van der Waals surface area contributed by atoms with E-state index < -0.39 is 0 Å². The summed E-state index contributed by atoms with van der Waals surface area (Å²) in [6, 6.07) is 0. The number of hydrogen-bond acceptors (Lipinski definition) is 0. The van der Waals surface area contributed by atoms with Gasteiger partial charge in [-0.25, -0.2) is 0 Å². The minimum absolute atomic E-state index is 0. The fraction of sp³-hybridized carbons (Fsp3) is 0.333. The van der Waals surface area contributed by atoms with Gasteiger partial charge in [0, 0.05) is 0 Å². The van der Waals surface area contributed by atoms with Crippen LogP contribution in [0.25, 0.3) is 5.57 Å². The number of allylic oxidation sites excluding steroid dienone is 4. The summed E-state index contributed by atoms with van der Waals surface area (Å²) in [5.41, 5.74) is 4.57. The molecule has 0 nitrogen and oxygen atoms in total. The molecule has 0 radical (unpaired) electrons. The summed E-state index contributed by atoms with van der Waals surface area (Å²) in [7, 11) is 0.915. The fourth-order valence-corrected chi connectivity index (χ4v) is 4.10. The first-order chi connectivity index (χ1) is 6.61. The van der Waals surface area contributed by atoms with Gasteiger partial charge in [0.1, 0.15) is 0 Å². The van der Waals surface area contributed by atoms with Gasteiger partial charge in [0.2, 0.25) is 0 Å². The van der Waals surface area contributed by atoms with Gasteiger partial charge < -0.3 is 24.8 Å². The monoisotopic (exact) mass is 307 g/mol. The molecule has 0 fully saturated rings. The molecule has 0 aliphatic heterocycles. The second kappa shape index (κ2) is 6.48. The molecular formula is C12H14Cl2PTi. The molecule has 0 saturated heterocycles. The smallest absolute Gasteiger partial charge is 1.00 e. The standard InChI is InChI=1S/C12H14P.2ClH.Ti/c1-8-5-4-6-11(8)12-9(2)7-10(3)13-12;;;/h4-5,13H,6H2,1-3H3;2*1H;/q;;;+2/p-2. The van der Waals surface area contributed by atoms with Crippen molar-refractivity contribution in [3.63, 3.8) is 0 Å². The average molecular weight is 308 g/mol. The minimum atomic E-state index is 0. The van der Waals surface area contributed by atoms with Gasteiger partial charge in [-0.15, -0.1) is 0 Å². The van der Waals surface area contributed by atoms with Crippen LogP contribution < -0.4 is 28.7 Å². The Morgan fingerprint density at radius 3 is 2.19 bits per heavy atom. The Kier molecular flexibility index (Phi) is 6.70. The molecule has 1 heterocycles. The molecule has 0 saturated carbocycles. The summed E-state index contributed by atoms with van der Waals surface area (Å²) in [5, 5.41) is 3.19. The molecule has 0 amide bonds. The summed E-state index contributed by atoms with van der Waals surface area (Å²) in [4.78, 5) is 0. The summed E-state index contributed by atoms with van der Waals surface area (Å²) in [6.07, 6.45) is 5.67. The molecule has 2 rings (SSSR count). The molecular weight excluding hydrogens is 294 g/mol. The molecule has 4 heteroatoms. The van der Waals surface area contributed by atoms with Crippen LogP contribution in [-0.4, -0.2) is 0 Å². The minimum Gasteiger partial charge on any atom is -1.00 e. The van der Waals surface area contributed by atoms with Gasteiger partial charge in [-0.1, -0.05) is 0 Å². The summed E-state index contributed by atoms with van der Waals surface area (Å²) in [5.74, 6) is 0. The molecule has 1 aromatic heterocycles. The SMILES string of the molecule is CC1=C(c2[pH]c(C)[c]([Ti+2])c2C)CC=C1.[Cl-].[Cl-]. The van der Waals surface area contributed by atoms with E-state index in [4.69, 9.17) is 0 Å². The summed E-state index contributed by atoms with van der Waals surface area (Å²) in [6.45, 7) is 6.77. The molecule has 16 heavy (non-hydrogen) atoms. The third-order valence-corrected chi connectivity index (χ3v) is 6.02. The fourth-order valence-electron chi connectivity index (χ4n) is 1.97. The van der Waals surface area contributed by atoms with Crippen molar-refractivity contribution in [1.29, 1.82) is 0 Å². The van der Waals surface area contributed by atoms with Gasteiger partial charge in [-0.3, -0.25) is 0 Å². The van der Waals surface area contributed by atoms with Crippen LogP contribution >= 0.6 is 8.19 Å². The van der Waals surface area contributed by atoms with Gasteiger partial charge in [0.15, 0.2) is 0 Å². The number of aryl methyl sites for hydroxylation is 1. The topological polar surface area (TPSA) is 0 Å². The second-order valence-electron chi connectivity index (χ2n) is 3.89. The molecule has 85 valence electrons. The Morgan fingerprint density at radius 1 is 1.19 bits per heavy atom. The number of rotatable bonds is 1. The molecule has 1 aromatic rings. The zero-order valence-electron chi connectivity index (χ0n) is 9.62. The van der Waals surface area contributed by atoms with Crippen LogP contribution in [0, 0.1) is 13.8 Å². The van der Waals surface area contributed by atoms with Crippen LogP contribution in [-0.2, 0) is 20.4 Å². The Labute approximate surface area is 123 Å². The quantitative estimate of drug-likeness (QED) is 0.494. The van der Waals surface area contributed by atoms with E-state index >= 15 is 0 Å². The summed E-state index contributed by atoms with van der Waals surface area (Å²) >= 11 is 2.25. The Balaban J connectivity index is 0.00000112. The van der Waals surface area contributed by atoms with Crippen LogP contribution in [0.15, 0.2) is 17.7 Å². The van der Waals surface area contributed by atoms with E-state index in [-0.39, 0.29) is 24.8 Å². The zero-order valence-corrected chi connectivity index (χ0v) is 13.7. The van der Waals surface area contributed by atoms with Gasteiger partial charge >= 0.3 is 99.1 Å². The van der Waals surface area contributed by atoms with Crippen LogP contribution in [0.5, 0.6) is 0 Å². The largest absolute Gasteiger partial charge is 1.00 e. The first kappa shape index (κ1) is 16.6. The molecule has 0 aromatic carbocycles. The number of halogens is 2. The maximum absolute atomic E-state index is 2.28. The third-order valence-electron chi connectivity index (χ3n) is 2.91. The van der Waals surface area contributed by atoms with Crippen molar-refractivity contribution in [3.05, 3.63) is 33.9 Å². The van der Waals surface area contributed by atoms with E-state index in [1.165, 1.54) is 15.0 Å². The Hall–Kier alpha value is 0.554. The average Bonchev–Trinajstić information content (AvgIpc) is 2.66. The molecule has 1 aliphatic carbocycles. The maximum atomic E-state index is 2.28. The van der Waals surface area contributed by atoms with Crippen molar-refractivity contribution < 1.29 is 45.2 Å². The van der Waals surface area contributed by atoms with E-state index in [0.29, 0.717) is 0 Å². The van der Waals surface area contributed by atoms with Crippen molar-refractivity contribution in [2.45, 2.75) is 27.2 Å². The number of hydrogen-bond donors (Lipinski definition) is 0. The van der Waals surface area contributed by atoms with E-state index in [1.807, 2.05) is 0 Å². The van der Waals surface area contributed by atoms with E-state index in [1.54, 1.807) is 16.2 Å². The molecule has 1 aliphatic rings. The molecule has 0 spiro atoms. The van der Waals surface area contributed by atoms with Crippen molar-refractivity contribution in [2.24, 2.45) is 0 Å². The summed E-state index contributed by atoms with van der Waals surface area (Å²) < 4.78 is 1.52. The first-order valence-corrected chi connectivity index (χ1v) is 6.66. The first-order valence-electron chi connectivity index (χ1n) is 4.88. The Morgan fingerprint density at radius 2 is 1.81 bits per heavy atom.